The van der Waals surface area contributed by atoms with Crippen LogP contribution in [0.5, 0.6) is 0 Å². The van der Waals surface area contributed by atoms with Gasteiger partial charge in [-0.25, -0.2) is 4.98 Å². The number of aromatic nitrogens is 1. The predicted octanol–water partition coefficient (Wildman–Crippen LogP) is 3.53. The first kappa shape index (κ1) is 15.2. The van der Waals surface area contributed by atoms with E-state index in [1.54, 1.807) is 12.1 Å². The summed E-state index contributed by atoms with van der Waals surface area (Å²) in [5, 5.41) is 16.8. The number of carboxylic acids is 1. The van der Waals surface area contributed by atoms with Crippen molar-refractivity contribution in [2.75, 3.05) is 5.32 Å². The first-order chi connectivity index (χ1) is 11.0. The molecule has 1 aromatic heterocycles. The monoisotopic (exact) mass is 323 g/mol. The third-order valence-corrected chi connectivity index (χ3v) is 4.27. The van der Waals surface area contributed by atoms with Gasteiger partial charge in [0.1, 0.15) is 0 Å². The lowest BCUT2D eigenvalue weighted by Gasteiger charge is -2.06. The number of thiazole rings is 1. The maximum atomic E-state index is 10.9. The van der Waals surface area contributed by atoms with E-state index in [0.717, 1.165) is 16.4 Å². The van der Waals surface area contributed by atoms with Crippen LogP contribution in [0.1, 0.15) is 21.5 Å². The summed E-state index contributed by atoms with van der Waals surface area (Å²) in [6, 6.07) is 12.8. The molecule has 0 aliphatic carbocycles. The third-order valence-electron chi connectivity index (χ3n) is 3.51. The fraction of sp³-hybridized carbons (Fsp3) is 0.111. The molecule has 1 N–H and O–H groups in total. The molecule has 2 aromatic carbocycles. The van der Waals surface area contributed by atoms with Gasteiger partial charge in [-0.2, -0.15) is 0 Å². The van der Waals surface area contributed by atoms with Crippen molar-refractivity contribution < 1.29 is 9.90 Å². The summed E-state index contributed by atoms with van der Waals surface area (Å²) < 4.78 is 0. The average molecular weight is 323 g/mol. The van der Waals surface area contributed by atoms with Crippen LogP contribution in [0.4, 0.5) is 10.8 Å². The second kappa shape index (κ2) is 6.22. The Morgan fingerprint density at radius 1 is 1.17 bits per heavy atom. The Morgan fingerprint density at radius 2 is 2.00 bits per heavy atom. The standard InChI is InChI=1S/C18H16N2O2S/c1-11-6-7-15(12(2)8-11)16-10-23-18(20-16)19-14-5-3-4-13(9-14)17(21)22/h3-10H,1-2H3,(H,19,20)(H,21,22)/p-1. The fourth-order valence-corrected chi connectivity index (χ4v) is 3.13. The van der Waals surface area contributed by atoms with E-state index in [0.29, 0.717) is 5.69 Å². The molecule has 4 nitrogen and oxygen atoms in total. The molecule has 0 fully saturated rings. The van der Waals surface area contributed by atoms with Gasteiger partial charge in [0.25, 0.3) is 0 Å². The molecule has 0 aliphatic heterocycles. The van der Waals surface area contributed by atoms with Gasteiger partial charge in [-0.05, 0) is 37.1 Å². The lowest BCUT2D eigenvalue weighted by Crippen LogP contribution is -2.22. The zero-order valence-electron chi connectivity index (χ0n) is 12.8. The van der Waals surface area contributed by atoms with E-state index in [2.05, 4.69) is 42.3 Å². The number of aromatic carboxylic acids is 1. The number of carboxylic acid groups (broad SMARTS) is 1. The van der Waals surface area contributed by atoms with Gasteiger partial charge in [0, 0.05) is 16.6 Å². The highest BCUT2D eigenvalue weighted by atomic mass is 32.1. The van der Waals surface area contributed by atoms with Crippen LogP contribution >= 0.6 is 11.3 Å². The second-order valence-corrected chi connectivity index (χ2v) is 6.21. The average Bonchev–Trinajstić information content (AvgIpc) is 2.95. The number of carbonyl (C=O) groups is 1. The Kier molecular flexibility index (Phi) is 4.12. The van der Waals surface area contributed by atoms with Gasteiger partial charge in [-0.1, -0.05) is 35.9 Å². The molecule has 0 saturated carbocycles. The predicted molar refractivity (Wildman–Crippen MR) is 91.1 cm³/mol. The summed E-state index contributed by atoms with van der Waals surface area (Å²) in [5.74, 6) is -1.19. The van der Waals surface area contributed by atoms with Gasteiger partial charge in [0.2, 0.25) is 0 Å². The minimum atomic E-state index is -1.19. The molecule has 3 rings (SSSR count). The minimum Gasteiger partial charge on any atom is -0.545 e. The van der Waals surface area contributed by atoms with Crippen molar-refractivity contribution in [3.05, 3.63) is 64.5 Å². The molecule has 0 bridgehead atoms. The molecule has 5 heteroatoms. The zero-order valence-corrected chi connectivity index (χ0v) is 13.6. The Bertz CT molecular complexity index is 871. The molecule has 0 radical (unpaired) electrons. The van der Waals surface area contributed by atoms with Crippen molar-refractivity contribution in [1.29, 1.82) is 0 Å². The summed E-state index contributed by atoms with van der Waals surface area (Å²) in [6.45, 7) is 4.13. The first-order valence-electron chi connectivity index (χ1n) is 7.14. The van der Waals surface area contributed by atoms with Crippen LogP contribution < -0.4 is 10.4 Å². The highest BCUT2D eigenvalue weighted by molar-refractivity contribution is 7.14. The van der Waals surface area contributed by atoms with E-state index < -0.39 is 5.97 Å². The van der Waals surface area contributed by atoms with Crippen molar-refractivity contribution in [3.63, 3.8) is 0 Å². The molecule has 3 aromatic rings. The van der Waals surface area contributed by atoms with Gasteiger partial charge < -0.3 is 15.2 Å². The summed E-state index contributed by atoms with van der Waals surface area (Å²) in [7, 11) is 0. The molecular weight excluding hydrogens is 308 g/mol. The number of nitrogens with zero attached hydrogens (tertiary/aromatic N) is 1. The van der Waals surface area contributed by atoms with Crippen LogP contribution in [0.25, 0.3) is 11.3 Å². The molecule has 0 spiro atoms. The van der Waals surface area contributed by atoms with Crippen molar-refractivity contribution in [3.8, 4) is 11.3 Å². The Morgan fingerprint density at radius 3 is 2.74 bits per heavy atom. The van der Waals surface area contributed by atoms with E-state index in [1.165, 1.54) is 34.6 Å². The summed E-state index contributed by atoms with van der Waals surface area (Å²) in [4.78, 5) is 15.5. The van der Waals surface area contributed by atoms with Crippen molar-refractivity contribution in [1.82, 2.24) is 4.98 Å². The van der Waals surface area contributed by atoms with Crippen molar-refractivity contribution in [2.24, 2.45) is 0 Å². The summed E-state index contributed by atoms with van der Waals surface area (Å²) >= 11 is 1.48. The number of rotatable bonds is 4. The number of carbonyl (C=O) groups excluding carboxylic acids is 1. The molecule has 0 aliphatic rings. The number of anilines is 2. The quantitative estimate of drug-likeness (QED) is 0.797. The SMILES string of the molecule is Cc1ccc(-c2csc(Nc3cccc(C(=O)[O-])c3)n2)c(C)c1. The highest BCUT2D eigenvalue weighted by Gasteiger charge is 2.08. The largest absolute Gasteiger partial charge is 0.545 e. The van der Waals surface area contributed by atoms with Crippen LogP contribution in [0, 0.1) is 13.8 Å². The van der Waals surface area contributed by atoms with E-state index in [1.807, 2.05) is 5.38 Å². The number of hydrogen-bond donors (Lipinski definition) is 1. The minimum absolute atomic E-state index is 0.140. The molecule has 0 atom stereocenters. The molecule has 23 heavy (non-hydrogen) atoms. The molecule has 1 heterocycles. The third kappa shape index (κ3) is 3.40. The van der Waals surface area contributed by atoms with Crippen LogP contribution in [0.15, 0.2) is 47.8 Å². The molecule has 116 valence electrons. The molecule has 0 unspecified atom stereocenters. The fourth-order valence-electron chi connectivity index (χ4n) is 2.40. The van der Waals surface area contributed by atoms with E-state index in [-0.39, 0.29) is 5.56 Å². The van der Waals surface area contributed by atoms with Gasteiger partial charge >= 0.3 is 0 Å². The van der Waals surface area contributed by atoms with Gasteiger partial charge in [0.15, 0.2) is 5.13 Å². The Hall–Kier alpha value is -2.66. The maximum Gasteiger partial charge on any atom is 0.187 e. The van der Waals surface area contributed by atoms with E-state index >= 15 is 0 Å². The number of aryl methyl sites for hydroxylation is 2. The second-order valence-electron chi connectivity index (χ2n) is 5.35. The lowest BCUT2D eigenvalue weighted by atomic mass is 10.0. The van der Waals surface area contributed by atoms with Gasteiger partial charge in [0.05, 0.1) is 11.7 Å². The number of benzene rings is 2. The smallest absolute Gasteiger partial charge is 0.187 e. The normalized spacial score (nSPS) is 10.5. The summed E-state index contributed by atoms with van der Waals surface area (Å²) in [6.07, 6.45) is 0. The van der Waals surface area contributed by atoms with Crippen LogP contribution in [-0.4, -0.2) is 11.0 Å². The highest BCUT2D eigenvalue weighted by Crippen LogP contribution is 2.29. The number of hydrogen-bond acceptors (Lipinski definition) is 5. The van der Waals surface area contributed by atoms with Crippen LogP contribution in [-0.2, 0) is 0 Å². The Balaban J connectivity index is 1.85. The zero-order chi connectivity index (χ0) is 16.4. The number of nitrogens with one attached hydrogen (secondary N) is 1. The van der Waals surface area contributed by atoms with Crippen LogP contribution in [0.3, 0.4) is 0 Å². The lowest BCUT2D eigenvalue weighted by molar-refractivity contribution is -0.255. The molecular formula is C18H15N2O2S-. The summed E-state index contributed by atoms with van der Waals surface area (Å²) in [5.41, 5.74) is 5.23. The van der Waals surface area contributed by atoms with E-state index in [4.69, 9.17) is 0 Å². The topological polar surface area (TPSA) is 65.0 Å². The maximum absolute atomic E-state index is 10.9. The van der Waals surface area contributed by atoms with Crippen LogP contribution in [0.2, 0.25) is 0 Å². The van der Waals surface area contributed by atoms with Crippen molar-refractivity contribution in [2.45, 2.75) is 13.8 Å². The Labute approximate surface area is 138 Å². The van der Waals surface area contributed by atoms with Gasteiger partial charge in [-0.15, -0.1) is 11.3 Å². The van der Waals surface area contributed by atoms with Crippen molar-refractivity contribution >= 4 is 28.1 Å². The molecule has 0 amide bonds. The molecule has 0 saturated heterocycles. The van der Waals surface area contributed by atoms with Gasteiger partial charge in [-0.3, -0.25) is 0 Å². The van der Waals surface area contributed by atoms with E-state index in [9.17, 15) is 9.90 Å². The first-order valence-corrected chi connectivity index (χ1v) is 8.02.